The number of furan rings is 1. The Morgan fingerprint density at radius 3 is 2.37 bits per heavy atom. The van der Waals surface area contributed by atoms with E-state index in [9.17, 15) is 4.79 Å². The molecule has 0 saturated carbocycles. The summed E-state index contributed by atoms with van der Waals surface area (Å²) in [6.07, 6.45) is 0. The van der Waals surface area contributed by atoms with E-state index in [2.05, 4.69) is 0 Å². The van der Waals surface area contributed by atoms with E-state index in [-0.39, 0.29) is 5.78 Å². The van der Waals surface area contributed by atoms with Crippen LogP contribution in [0, 0.1) is 12.3 Å². The molecule has 2 N–H and O–H groups in total. The number of Topliss-reactive ketones (excluding diaryl/α,β-unsaturated/α-hetero) is 1. The molecule has 0 radical (unpaired) electrons. The van der Waals surface area contributed by atoms with Crippen LogP contribution in [0.5, 0.6) is 0 Å². The first-order chi connectivity index (χ1) is 8.64. The zero-order valence-corrected chi connectivity index (χ0v) is 12.2. The highest BCUT2D eigenvalue weighted by atomic mass is 16.3. The Morgan fingerprint density at radius 2 is 1.84 bits per heavy atom. The zero-order chi connectivity index (χ0) is 14.4. The first kappa shape index (κ1) is 13.8. The van der Waals surface area contributed by atoms with Gasteiger partial charge in [0.15, 0.2) is 5.76 Å². The minimum Gasteiger partial charge on any atom is -0.453 e. The van der Waals surface area contributed by atoms with Crippen molar-refractivity contribution in [1.82, 2.24) is 0 Å². The third kappa shape index (κ3) is 2.19. The lowest BCUT2D eigenvalue weighted by molar-refractivity contribution is 0.0706. The Kier molecular flexibility index (Phi) is 3.06. The number of rotatable bonds is 3. The smallest absolute Gasteiger partial charge is 0.205 e. The van der Waals surface area contributed by atoms with Crippen LogP contribution in [-0.4, -0.2) is 11.3 Å². The Labute approximate surface area is 113 Å². The number of aryl methyl sites for hydroxylation is 1. The van der Waals surface area contributed by atoms with Gasteiger partial charge in [-0.2, -0.15) is 0 Å². The number of hydrogen-bond acceptors (Lipinski definition) is 3. The van der Waals surface area contributed by atoms with Gasteiger partial charge in [-0.05, 0) is 32.4 Å². The van der Waals surface area contributed by atoms with Crippen molar-refractivity contribution in [2.75, 3.05) is 0 Å². The summed E-state index contributed by atoms with van der Waals surface area (Å²) < 4.78 is 5.74. The number of carbonyl (C=O) groups excluding carboxylic acids is 1. The van der Waals surface area contributed by atoms with E-state index in [4.69, 9.17) is 10.2 Å². The van der Waals surface area contributed by atoms with Gasteiger partial charge >= 0.3 is 0 Å². The number of ketones is 1. The lowest BCUT2D eigenvalue weighted by Gasteiger charge is -2.36. The number of benzene rings is 1. The highest BCUT2D eigenvalue weighted by Crippen LogP contribution is 2.34. The minimum absolute atomic E-state index is 0.0596. The molecule has 0 unspecified atom stereocenters. The van der Waals surface area contributed by atoms with Crippen LogP contribution in [0.3, 0.4) is 0 Å². The maximum absolute atomic E-state index is 12.6. The molecule has 3 nitrogen and oxygen atoms in total. The van der Waals surface area contributed by atoms with Crippen LogP contribution in [0.4, 0.5) is 0 Å². The predicted molar refractivity (Wildman–Crippen MR) is 77.3 cm³/mol. The molecule has 102 valence electrons. The fraction of sp³-hybridized carbons (Fsp3) is 0.438. The van der Waals surface area contributed by atoms with Gasteiger partial charge in [-0.1, -0.05) is 32.0 Å². The summed E-state index contributed by atoms with van der Waals surface area (Å²) in [4.78, 5) is 12.6. The van der Waals surface area contributed by atoms with Gasteiger partial charge in [0.1, 0.15) is 5.58 Å². The molecular formula is C16H21NO2. The number of para-hydroxylation sites is 1. The van der Waals surface area contributed by atoms with E-state index >= 15 is 0 Å². The third-order valence-corrected chi connectivity index (χ3v) is 4.14. The van der Waals surface area contributed by atoms with Crippen molar-refractivity contribution >= 4 is 16.8 Å². The van der Waals surface area contributed by atoms with E-state index in [1.54, 1.807) is 6.07 Å². The lowest BCUT2D eigenvalue weighted by atomic mass is 9.71. The summed E-state index contributed by atoms with van der Waals surface area (Å²) in [5.41, 5.74) is 6.62. The van der Waals surface area contributed by atoms with Crippen LogP contribution in [0.2, 0.25) is 0 Å². The zero-order valence-electron chi connectivity index (χ0n) is 12.2. The molecule has 0 aliphatic rings. The van der Waals surface area contributed by atoms with Gasteiger partial charge < -0.3 is 10.2 Å². The summed E-state index contributed by atoms with van der Waals surface area (Å²) >= 11 is 0. The summed E-state index contributed by atoms with van der Waals surface area (Å²) in [6, 6.07) is 7.68. The molecule has 0 aliphatic heterocycles. The molecule has 1 heterocycles. The molecule has 0 atom stereocenters. The van der Waals surface area contributed by atoms with Gasteiger partial charge in [0.05, 0.1) is 0 Å². The molecule has 0 saturated heterocycles. The normalized spacial score (nSPS) is 12.9. The second-order valence-electron chi connectivity index (χ2n) is 6.28. The first-order valence-electron chi connectivity index (χ1n) is 6.47. The topological polar surface area (TPSA) is 56.2 Å². The molecule has 2 rings (SSSR count). The fourth-order valence-electron chi connectivity index (χ4n) is 1.92. The van der Waals surface area contributed by atoms with Gasteiger partial charge in [0, 0.05) is 16.3 Å². The second kappa shape index (κ2) is 4.20. The second-order valence-corrected chi connectivity index (χ2v) is 6.28. The number of fused-ring (bicyclic) bond motifs is 1. The summed E-state index contributed by atoms with van der Waals surface area (Å²) in [5.74, 6) is 0.323. The van der Waals surface area contributed by atoms with E-state index in [1.165, 1.54) is 0 Å². The van der Waals surface area contributed by atoms with Crippen LogP contribution in [0.15, 0.2) is 28.7 Å². The van der Waals surface area contributed by atoms with Crippen molar-refractivity contribution in [3.8, 4) is 0 Å². The number of hydrogen-bond donors (Lipinski definition) is 1. The van der Waals surface area contributed by atoms with Gasteiger partial charge in [-0.3, -0.25) is 4.79 Å². The third-order valence-electron chi connectivity index (χ3n) is 4.14. The Hall–Kier alpha value is -1.61. The van der Waals surface area contributed by atoms with E-state index < -0.39 is 11.0 Å². The molecule has 0 spiro atoms. The summed E-state index contributed by atoms with van der Waals surface area (Å²) in [5, 5.41) is 0.953. The molecule has 1 aromatic heterocycles. The Bertz CT molecular complexity index is 630. The van der Waals surface area contributed by atoms with Crippen molar-refractivity contribution in [2.24, 2.45) is 11.1 Å². The highest BCUT2D eigenvalue weighted by molar-refractivity contribution is 6.02. The Morgan fingerprint density at radius 1 is 1.21 bits per heavy atom. The van der Waals surface area contributed by atoms with E-state index in [1.807, 2.05) is 52.8 Å². The average molecular weight is 259 g/mol. The molecule has 0 fully saturated rings. The highest BCUT2D eigenvalue weighted by Gasteiger charge is 2.42. The summed E-state index contributed by atoms with van der Waals surface area (Å²) in [6.45, 7) is 9.40. The largest absolute Gasteiger partial charge is 0.453 e. The molecule has 0 bridgehead atoms. The SMILES string of the molecule is Cc1cccc2cc(C(=O)C(C)(C)C(C)(C)N)oc12. The van der Waals surface area contributed by atoms with Crippen molar-refractivity contribution in [1.29, 1.82) is 0 Å². The monoisotopic (exact) mass is 259 g/mol. The minimum atomic E-state index is -0.686. The average Bonchev–Trinajstić information content (AvgIpc) is 2.71. The molecule has 3 heteroatoms. The first-order valence-corrected chi connectivity index (χ1v) is 6.47. The maximum atomic E-state index is 12.6. The molecule has 1 aromatic carbocycles. The predicted octanol–water partition coefficient (Wildman–Crippen LogP) is 3.69. The Balaban J connectivity index is 2.51. The van der Waals surface area contributed by atoms with Gasteiger partial charge in [0.2, 0.25) is 5.78 Å². The van der Waals surface area contributed by atoms with Crippen LogP contribution >= 0.6 is 0 Å². The molecule has 0 amide bonds. The molecule has 0 aliphatic carbocycles. The standard InChI is InChI=1S/C16H21NO2/c1-10-7-6-8-11-9-12(19-13(10)11)14(18)15(2,3)16(4,5)17/h6-9H,17H2,1-5H3. The van der Waals surface area contributed by atoms with E-state index in [0.717, 1.165) is 16.5 Å². The maximum Gasteiger partial charge on any atom is 0.205 e. The number of carbonyl (C=O) groups is 1. The van der Waals surface area contributed by atoms with Gasteiger partial charge in [0.25, 0.3) is 0 Å². The van der Waals surface area contributed by atoms with Crippen LogP contribution < -0.4 is 5.73 Å². The summed E-state index contributed by atoms with van der Waals surface area (Å²) in [7, 11) is 0. The van der Waals surface area contributed by atoms with E-state index in [0.29, 0.717) is 5.76 Å². The van der Waals surface area contributed by atoms with Crippen LogP contribution in [-0.2, 0) is 0 Å². The molecule has 2 aromatic rings. The van der Waals surface area contributed by atoms with Gasteiger partial charge in [-0.15, -0.1) is 0 Å². The van der Waals surface area contributed by atoms with Crippen LogP contribution in [0.1, 0.15) is 43.8 Å². The van der Waals surface area contributed by atoms with Crippen molar-refractivity contribution in [3.05, 3.63) is 35.6 Å². The fourth-order valence-corrected chi connectivity index (χ4v) is 1.92. The van der Waals surface area contributed by atoms with Crippen molar-refractivity contribution < 1.29 is 9.21 Å². The van der Waals surface area contributed by atoms with Crippen molar-refractivity contribution in [3.63, 3.8) is 0 Å². The van der Waals surface area contributed by atoms with Gasteiger partial charge in [-0.25, -0.2) is 0 Å². The van der Waals surface area contributed by atoms with Crippen molar-refractivity contribution in [2.45, 2.75) is 40.2 Å². The van der Waals surface area contributed by atoms with Crippen LogP contribution in [0.25, 0.3) is 11.0 Å². The molecule has 19 heavy (non-hydrogen) atoms. The molecular weight excluding hydrogens is 238 g/mol. The lowest BCUT2D eigenvalue weighted by Crippen LogP contribution is -2.51. The number of nitrogens with two attached hydrogens (primary N) is 1. The quantitative estimate of drug-likeness (QED) is 0.855.